The van der Waals surface area contributed by atoms with Crippen molar-refractivity contribution in [3.05, 3.63) is 60.7 Å². The zero-order chi connectivity index (χ0) is 25.8. The Morgan fingerprint density at radius 1 is 0.639 bits per heavy atom. The van der Waals surface area contributed by atoms with Gasteiger partial charge in [-0.1, -0.05) is 36.4 Å². The summed E-state index contributed by atoms with van der Waals surface area (Å²) < 4.78 is 34.1. The number of hydrogen-bond acceptors (Lipinski definition) is 8. The third kappa shape index (κ3) is 11.2. The topological polar surface area (TPSA) is 224 Å². The lowest BCUT2D eigenvalue weighted by molar-refractivity contribution is 0.352. The largest absolute Gasteiger partial charge is 0.759 e. The van der Waals surface area contributed by atoms with Gasteiger partial charge in [-0.15, -0.1) is 0 Å². The lowest BCUT2D eigenvalue weighted by Gasteiger charge is -2.36. The van der Waals surface area contributed by atoms with Crippen LogP contribution in [0.2, 0.25) is 0 Å². The first-order valence-electron chi connectivity index (χ1n) is 11.0. The highest BCUT2D eigenvalue weighted by Gasteiger charge is 2.18. The van der Waals surface area contributed by atoms with Crippen LogP contribution in [0.4, 0.5) is 11.4 Å². The molecule has 2 aromatic rings. The Labute approximate surface area is 211 Å². The van der Waals surface area contributed by atoms with Gasteiger partial charge in [0.05, 0.1) is 0 Å². The normalized spacial score (nSPS) is 15.4. The van der Waals surface area contributed by atoms with Gasteiger partial charge in [0.15, 0.2) is 11.9 Å². The molecular weight excluding hydrogens is 488 g/mol. The molecule has 0 aromatic heterocycles. The van der Waals surface area contributed by atoms with E-state index in [9.17, 15) is 0 Å². The van der Waals surface area contributed by atoms with E-state index in [0.717, 1.165) is 52.4 Å². The van der Waals surface area contributed by atoms with Gasteiger partial charge in [-0.25, -0.2) is 0 Å². The monoisotopic (exact) mass is 522 g/mol. The molecule has 2 heterocycles. The van der Waals surface area contributed by atoms with Crippen molar-refractivity contribution < 1.29 is 23.0 Å². The van der Waals surface area contributed by atoms with E-state index in [1.54, 1.807) is 0 Å². The first-order chi connectivity index (χ1) is 16.5. The SMILES string of the molecule is N=C(N)N1CCN(c2ccccc2)CC1.N=C(N)N1CCN(c2ccccc2)CC1.O.O=S(=O)([O-])[O-]. The van der Waals surface area contributed by atoms with Crippen molar-refractivity contribution in [2.24, 2.45) is 11.5 Å². The third-order valence-corrected chi connectivity index (χ3v) is 5.48. The molecule has 14 heteroatoms. The summed E-state index contributed by atoms with van der Waals surface area (Å²) in [6.45, 7) is 7.09. The van der Waals surface area contributed by atoms with Crippen LogP contribution in [0, 0.1) is 10.8 Å². The van der Waals surface area contributed by atoms with Gasteiger partial charge < -0.3 is 45.6 Å². The summed E-state index contributed by atoms with van der Waals surface area (Å²) in [7, 11) is -5.17. The Balaban J connectivity index is 0.000000298. The molecule has 0 atom stereocenters. The first-order valence-corrected chi connectivity index (χ1v) is 12.3. The molecule has 0 amide bonds. The predicted molar refractivity (Wildman–Crippen MR) is 138 cm³/mol. The number of anilines is 2. The number of hydrogen-bond donors (Lipinski definition) is 4. The van der Waals surface area contributed by atoms with Crippen LogP contribution in [0.25, 0.3) is 0 Å². The molecule has 2 fully saturated rings. The van der Waals surface area contributed by atoms with Crippen LogP contribution in [0.3, 0.4) is 0 Å². The van der Waals surface area contributed by atoms with Gasteiger partial charge in [-0.2, -0.15) is 0 Å². The van der Waals surface area contributed by atoms with Gasteiger partial charge in [-0.05, 0) is 24.3 Å². The Bertz CT molecular complexity index is 949. The van der Waals surface area contributed by atoms with Gasteiger partial charge in [0.1, 0.15) is 0 Å². The number of para-hydroxylation sites is 2. The number of piperazine rings is 2. The van der Waals surface area contributed by atoms with Crippen molar-refractivity contribution in [3.8, 4) is 0 Å². The summed E-state index contributed by atoms with van der Waals surface area (Å²) in [6, 6.07) is 20.7. The van der Waals surface area contributed by atoms with Crippen LogP contribution in [0.15, 0.2) is 60.7 Å². The minimum absolute atomic E-state index is 0. The molecular formula is C22H34N8O5S-2. The fraction of sp³-hybridized carbons (Fsp3) is 0.364. The molecule has 0 aliphatic carbocycles. The standard InChI is InChI=1S/2C11H16N4.H2O4S.H2O/c2*12-11(13)15-8-6-14(7-9-15)10-4-2-1-3-5-10;1-5(2,3)4;/h2*1-5H,6-9H2,(H3,12,13);(H2,1,2,3,4);1H2/p-2. The molecule has 0 bridgehead atoms. The molecule has 13 nitrogen and oxygen atoms in total. The van der Waals surface area contributed by atoms with Crippen molar-refractivity contribution in [3.63, 3.8) is 0 Å². The van der Waals surface area contributed by atoms with E-state index in [0.29, 0.717) is 0 Å². The first kappa shape index (κ1) is 30.4. The van der Waals surface area contributed by atoms with E-state index in [2.05, 4.69) is 34.1 Å². The van der Waals surface area contributed by atoms with Gasteiger partial charge in [0, 0.05) is 74.1 Å². The highest BCUT2D eigenvalue weighted by molar-refractivity contribution is 7.79. The van der Waals surface area contributed by atoms with E-state index in [1.165, 1.54) is 11.4 Å². The molecule has 0 unspecified atom stereocenters. The summed E-state index contributed by atoms with van der Waals surface area (Å²) in [6.07, 6.45) is 0. The second kappa shape index (κ2) is 14.7. The minimum Gasteiger partial charge on any atom is -0.759 e. The average molecular weight is 523 g/mol. The highest BCUT2D eigenvalue weighted by Crippen LogP contribution is 2.16. The molecule has 4 rings (SSSR count). The highest BCUT2D eigenvalue weighted by atomic mass is 32.3. The smallest absolute Gasteiger partial charge is 0.188 e. The summed E-state index contributed by atoms with van der Waals surface area (Å²) in [5, 5.41) is 14.7. The Morgan fingerprint density at radius 3 is 1.11 bits per heavy atom. The summed E-state index contributed by atoms with van der Waals surface area (Å²) in [5.41, 5.74) is 13.4. The second-order valence-electron chi connectivity index (χ2n) is 7.80. The van der Waals surface area contributed by atoms with Crippen molar-refractivity contribution in [2.45, 2.75) is 0 Å². The van der Waals surface area contributed by atoms with E-state index in [-0.39, 0.29) is 17.4 Å². The lowest BCUT2D eigenvalue weighted by Crippen LogP contribution is -2.50. The predicted octanol–water partition coefficient (Wildman–Crippen LogP) is -0.759. The van der Waals surface area contributed by atoms with E-state index >= 15 is 0 Å². The number of guanidine groups is 2. The number of benzene rings is 2. The molecule has 0 radical (unpaired) electrons. The van der Waals surface area contributed by atoms with Crippen molar-refractivity contribution in [1.29, 1.82) is 10.8 Å². The van der Waals surface area contributed by atoms with Crippen LogP contribution in [0.5, 0.6) is 0 Å². The van der Waals surface area contributed by atoms with Crippen LogP contribution in [0.1, 0.15) is 0 Å². The Kier molecular flexibility index (Phi) is 12.5. The van der Waals surface area contributed by atoms with Gasteiger partial charge in [0.2, 0.25) is 0 Å². The Hall–Kier alpha value is -3.59. The van der Waals surface area contributed by atoms with E-state index in [1.807, 2.05) is 46.2 Å². The second-order valence-corrected chi connectivity index (χ2v) is 8.61. The summed E-state index contributed by atoms with van der Waals surface area (Å²) in [5.74, 6) is 0.366. The molecule has 2 aliphatic rings. The molecule has 2 aliphatic heterocycles. The minimum atomic E-state index is -5.17. The summed E-state index contributed by atoms with van der Waals surface area (Å²) in [4.78, 5) is 8.44. The number of nitrogens with one attached hydrogen (secondary N) is 2. The van der Waals surface area contributed by atoms with Crippen LogP contribution in [-0.2, 0) is 10.4 Å². The molecule has 0 saturated carbocycles. The van der Waals surface area contributed by atoms with Crippen LogP contribution < -0.4 is 21.3 Å². The van der Waals surface area contributed by atoms with Crippen LogP contribution in [-0.4, -0.2) is 97.1 Å². The maximum Gasteiger partial charge on any atom is 0.188 e. The average Bonchev–Trinajstić information content (AvgIpc) is 2.85. The molecule has 8 N–H and O–H groups in total. The van der Waals surface area contributed by atoms with Crippen molar-refractivity contribution in [2.75, 3.05) is 62.2 Å². The Morgan fingerprint density at radius 2 is 0.889 bits per heavy atom. The maximum atomic E-state index is 8.52. The van der Waals surface area contributed by atoms with E-state index in [4.69, 9.17) is 39.8 Å². The van der Waals surface area contributed by atoms with Crippen LogP contribution >= 0.6 is 0 Å². The lowest BCUT2D eigenvalue weighted by atomic mass is 10.2. The zero-order valence-electron chi connectivity index (χ0n) is 19.9. The van der Waals surface area contributed by atoms with Gasteiger partial charge in [-0.3, -0.25) is 19.2 Å². The fourth-order valence-corrected chi connectivity index (χ4v) is 3.69. The quantitative estimate of drug-likeness (QED) is 0.167. The third-order valence-electron chi connectivity index (χ3n) is 5.48. The van der Waals surface area contributed by atoms with Gasteiger partial charge >= 0.3 is 0 Å². The number of nitrogens with two attached hydrogens (primary N) is 2. The molecule has 36 heavy (non-hydrogen) atoms. The number of rotatable bonds is 2. The van der Waals surface area contributed by atoms with Crippen molar-refractivity contribution >= 4 is 33.7 Å². The maximum absolute atomic E-state index is 8.52. The van der Waals surface area contributed by atoms with Crippen molar-refractivity contribution in [1.82, 2.24) is 9.80 Å². The van der Waals surface area contributed by atoms with Gasteiger partial charge in [0.25, 0.3) is 0 Å². The zero-order valence-corrected chi connectivity index (χ0v) is 20.7. The fourth-order valence-electron chi connectivity index (χ4n) is 3.69. The molecule has 2 saturated heterocycles. The molecule has 0 spiro atoms. The molecule has 200 valence electrons. The van der Waals surface area contributed by atoms with E-state index < -0.39 is 10.4 Å². The summed E-state index contributed by atoms with van der Waals surface area (Å²) >= 11 is 0. The number of nitrogens with zero attached hydrogens (tertiary/aromatic N) is 4. The molecule has 2 aromatic carbocycles.